The van der Waals surface area contributed by atoms with Crippen LogP contribution in [0.25, 0.3) is 0 Å². The molecular formula is C26H33Cl2N3O5S. The molecule has 0 saturated heterocycles. The summed E-state index contributed by atoms with van der Waals surface area (Å²) in [6.07, 6.45) is 8.99. The first-order valence-electron chi connectivity index (χ1n) is 11.8. The van der Waals surface area contributed by atoms with Gasteiger partial charge in [0, 0.05) is 0 Å². The molecule has 0 amide bonds. The summed E-state index contributed by atoms with van der Waals surface area (Å²) in [6.45, 7) is 10.4. The number of benzene rings is 1. The maximum atomic E-state index is 11.3. The normalized spacial score (nSPS) is 16.1. The number of nitrogens with zero attached hydrogens (tertiary/aromatic N) is 2. The fourth-order valence-corrected chi connectivity index (χ4v) is 4.33. The zero-order valence-corrected chi connectivity index (χ0v) is 24.2. The van der Waals surface area contributed by atoms with Crippen molar-refractivity contribution >= 4 is 39.2 Å². The van der Waals surface area contributed by atoms with E-state index in [2.05, 4.69) is 35.7 Å². The molecule has 2 atom stereocenters. The molecule has 202 valence electrons. The highest BCUT2D eigenvalue weighted by Gasteiger charge is 2.32. The number of hydrogen-bond donors (Lipinski definition) is 1. The molecule has 37 heavy (non-hydrogen) atoms. The molecule has 1 heterocycles. The van der Waals surface area contributed by atoms with Crippen molar-refractivity contribution in [3.05, 3.63) is 64.2 Å². The first-order valence-corrected chi connectivity index (χ1v) is 14.5. The minimum Gasteiger partial charge on any atom is -0.489 e. The van der Waals surface area contributed by atoms with Crippen LogP contribution in [0.2, 0.25) is 5.02 Å². The van der Waals surface area contributed by atoms with Crippen LogP contribution in [0.4, 0.5) is 6.01 Å². The van der Waals surface area contributed by atoms with E-state index >= 15 is 0 Å². The van der Waals surface area contributed by atoms with E-state index < -0.39 is 10.0 Å². The Labute approximate surface area is 229 Å². The second-order valence-electron chi connectivity index (χ2n) is 8.87. The molecule has 8 nitrogen and oxygen atoms in total. The molecule has 0 bridgehead atoms. The summed E-state index contributed by atoms with van der Waals surface area (Å²) in [5.41, 5.74) is 1.42. The monoisotopic (exact) mass is 569 g/mol. The topological polar surface area (TPSA) is 114 Å². The average molecular weight is 571 g/mol. The third kappa shape index (κ3) is 8.70. The predicted molar refractivity (Wildman–Crippen MR) is 146 cm³/mol. The Morgan fingerprint density at radius 2 is 2.03 bits per heavy atom. The van der Waals surface area contributed by atoms with Crippen LogP contribution in [0.1, 0.15) is 57.9 Å². The summed E-state index contributed by atoms with van der Waals surface area (Å²) >= 11 is 12.4. The van der Waals surface area contributed by atoms with Crippen molar-refractivity contribution in [2.75, 3.05) is 17.6 Å². The van der Waals surface area contributed by atoms with Crippen molar-refractivity contribution in [1.82, 2.24) is 4.98 Å². The van der Waals surface area contributed by atoms with E-state index in [0.29, 0.717) is 34.2 Å². The molecule has 1 aromatic carbocycles. The Hall–Kier alpha value is -2.67. The number of anilines is 1. The highest BCUT2D eigenvalue weighted by molar-refractivity contribution is 7.91. The molecule has 11 heteroatoms. The van der Waals surface area contributed by atoms with E-state index in [1.807, 2.05) is 38.1 Å². The largest absolute Gasteiger partial charge is 0.489 e. The van der Waals surface area contributed by atoms with Crippen molar-refractivity contribution in [3.8, 4) is 11.8 Å². The highest BCUT2D eigenvalue weighted by atomic mass is 35.5. The van der Waals surface area contributed by atoms with Gasteiger partial charge in [-0.25, -0.2) is 13.1 Å². The third-order valence-corrected chi connectivity index (χ3v) is 6.52. The lowest BCUT2D eigenvalue weighted by Gasteiger charge is -2.34. The number of nitrogens with one attached hydrogen (secondary N) is 1. The number of hydrogen-bond acceptors (Lipinski definition) is 7. The van der Waals surface area contributed by atoms with Crippen LogP contribution in [0.3, 0.4) is 0 Å². The Morgan fingerprint density at radius 1 is 1.32 bits per heavy atom. The van der Waals surface area contributed by atoms with E-state index in [4.69, 9.17) is 37.1 Å². The Bertz CT molecular complexity index is 1280. The Balaban J connectivity index is 0.00000235. The number of aromatic nitrogens is 1. The van der Waals surface area contributed by atoms with Gasteiger partial charge in [0.05, 0.1) is 22.2 Å². The van der Waals surface area contributed by atoms with E-state index in [9.17, 15) is 13.7 Å². The predicted octanol–water partition coefficient (Wildman–Crippen LogP) is 6.56. The summed E-state index contributed by atoms with van der Waals surface area (Å²) in [4.78, 5) is 4.04. The minimum atomic E-state index is -3.47. The molecule has 0 fully saturated rings. The van der Waals surface area contributed by atoms with E-state index in [1.54, 1.807) is 6.92 Å². The minimum absolute atomic E-state index is 0.106. The van der Waals surface area contributed by atoms with Gasteiger partial charge in [-0.15, -0.1) is 11.6 Å². The van der Waals surface area contributed by atoms with Crippen molar-refractivity contribution in [1.29, 1.82) is 5.26 Å². The van der Waals surface area contributed by atoms with Crippen molar-refractivity contribution in [2.45, 2.75) is 58.4 Å². The van der Waals surface area contributed by atoms with Gasteiger partial charge in [0.25, 0.3) is 0 Å². The Morgan fingerprint density at radius 3 is 2.59 bits per heavy atom. The van der Waals surface area contributed by atoms with Crippen LogP contribution in [-0.2, 0) is 26.8 Å². The number of oxazole rings is 1. The fourth-order valence-electron chi connectivity index (χ4n) is 3.59. The van der Waals surface area contributed by atoms with Gasteiger partial charge < -0.3 is 13.9 Å². The smallest absolute Gasteiger partial charge is 0.308 e. The molecule has 1 aliphatic rings. The van der Waals surface area contributed by atoms with Gasteiger partial charge in [-0.2, -0.15) is 10.2 Å². The van der Waals surface area contributed by atoms with E-state index in [0.717, 1.165) is 11.8 Å². The molecule has 2 unspecified atom stereocenters. The molecule has 1 aromatic heterocycles. The number of rotatable bonds is 10. The molecule has 3 rings (SSSR count). The van der Waals surface area contributed by atoms with Crippen LogP contribution in [-0.4, -0.2) is 31.6 Å². The molecule has 1 aliphatic carbocycles. The van der Waals surface area contributed by atoms with Crippen LogP contribution >= 0.6 is 23.2 Å². The van der Waals surface area contributed by atoms with Crippen molar-refractivity contribution in [2.24, 2.45) is 5.92 Å². The molecule has 0 saturated carbocycles. The number of nitriles is 1. The lowest BCUT2D eigenvalue weighted by atomic mass is 9.70. The number of allylic oxidation sites excluding steroid dienone is 3. The average Bonchev–Trinajstić information content (AvgIpc) is 3.28. The first kappa shape index (κ1) is 30.6. The number of sulfonamides is 1. The third-order valence-electron chi connectivity index (χ3n) is 5.57. The molecule has 0 radical (unpaired) electrons. The summed E-state index contributed by atoms with van der Waals surface area (Å²) < 4.78 is 41.2. The van der Waals surface area contributed by atoms with Crippen molar-refractivity contribution < 1.29 is 22.3 Å². The van der Waals surface area contributed by atoms with Crippen LogP contribution in [0.15, 0.2) is 46.8 Å². The Kier molecular flexibility index (Phi) is 10.9. The van der Waals surface area contributed by atoms with Gasteiger partial charge in [-0.3, -0.25) is 0 Å². The van der Waals surface area contributed by atoms with E-state index in [1.165, 1.54) is 6.26 Å². The lowest BCUT2D eigenvalue weighted by molar-refractivity contribution is 0.202. The summed E-state index contributed by atoms with van der Waals surface area (Å²) in [6, 6.07) is 5.72. The highest BCUT2D eigenvalue weighted by Crippen LogP contribution is 2.41. The fraction of sp³-hybridized carbons (Fsp3) is 0.462. The molecule has 0 spiro atoms. The van der Waals surface area contributed by atoms with Gasteiger partial charge in [0.2, 0.25) is 10.0 Å². The second-order valence-corrected chi connectivity index (χ2v) is 11.8. The van der Waals surface area contributed by atoms with Gasteiger partial charge in [-0.05, 0) is 54.5 Å². The van der Waals surface area contributed by atoms with Gasteiger partial charge in [0.15, 0.2) is 5.75 Å². The second kappa shape index (κ2) is 13.2. The lowest BCUT2D eigenvalue weighted by Crippen LogP contribution is -2.28. The van der Waals surface area contributed by atoms with Crippen LogP contribution in [0, 0.1) is 17.2 Å². The molecule has 2 aromatic rings. The van der Waals surface area contributed by atoms with Gasteiger partial charge >= 0.3 is 6.01 Å². The quantitative estimate of drug-likeness (QED) is 0.322. The summed E-state index contributed by atoms with van der Waals surface area (Å²) in [5, 5.41) is 9.81. The zero-order valence-electron chi connectivity index (χ0n) is 21.8. The van der Waals surface area contributed by atoms with Gasteiger partial charge in [-0.1, -0.05) is 45.4 Å². The number of ether oxygens (including phenoxy) is 2. The molecule has 1 N–H and O–H groups in total. The zero-order chi connectivity index (χ0) is 27.8. The summed E-state index contributed by atoms with van der Waals surface area (Å²) in [7, 11) is -3.47. The standard InChI is InChI=1S/C24H27Cl2N3O5S.C2H6/c1-15(25)12-33-22-16(11-27)9-18(10-21(22)26)24(2,3)17-5-7-20(8-6-17)32-13-19-14-34-23(28-19)29-35(4,30)31;1-2/h5,7-10,14-15,17H,6,12-13H2,1-4H3,(H,28,29);1-2H3. The summed E-state index contributed by atoms with van der Waals surface area (Å²) in [5.74, 6) is 1.15. The SMILES string of the molecule is CC.CC(Cl)COc1c(Cl)cc(C(C)(C)C2C=CC(OCc3coc(NS(C)(=O)=O)n3)=CC2)cc1C#N. The van der Waals surface area contributed by atoms with Crippen LogP contribution in [0.5, 0.6) is 5.75 Å². The van der Waals surface area contributed by atoms with Crippen LogP contribution < -0.4 is 9.46 Å². The molecule has 0 aliphatic heterocycles. The maximum absolute atomic E-state index is 11.3. The first-order chi connectivity index (χ1) is 17.4. The number of alkyl halides is 1. The van der Waals surface area contributed by atoms with E-state index in [-0.39, 0.29) is 35.9 Å². The van der Waals surface area contributed by atoms with Gasteiger partial charge in [0.1, 0.15) is 37.0 Å². The van der Waals surface area contributed by atoms with Crippen molar-refractivity contribution in [3.63, 3.8) is 0 Å². The molecular weight excluding hydrogens is 537 g/mol. The maximum Gasteiger partial charge on any atom is 0.308 e. The number of halogens is 2.